The van der Waals surface area contributed by atoms with Gasteiger partial charge in [-0.15, -0.1) is 0 Å². The van der Waals surface area contributed by atoms with E-state index in [-0.39, 0.29) is 39.0 Å². The fraction of sp³-hybridized carbons (Fsp3) is 0.440. The van der Waals surface area contributed by atoms with Gasteiger partial charge < -0.3 is 24.2 Å². The summed E-state index contributed by atoms with van der Waals surface area (Å²) in [5, 5.41) is 18.3. The van der Waals surface area contributed by atoms with Crippen LogP contribution in [0.5, 0.6) is 5.75 Å². The molecule has 2 aromatic rings. The number of carbonyl (C=O) groups excluding carboxylic acids is 2. The highest BCUT2D eigenvalue weighted by molar-refractivity contribution is 7.67. The Bertz CT molecular complexity index is 1020. The van der Waals surface area contributed by atoms with Crippen LogP contribution in [-0.2, 0) is 23.6 Å². The smallest absolute Gasteiger partial charge is 0.310 e. The van der Waals surface area contributed by atoms with Gasteiger partial charge >= 0.3 is 11.9 Å². The fourth-order valence-electron chi connectivity index (χ4n) is 3.79. The van der Waals surface area contributed by atoms with Crippen molar-refractivity contribution in [2.75, 3.05) is 32.6 Å². The van der Waals surface area contributed by atoms with Crippen LogP contribution in [0.2, 0.25) is 0 Å². The Morgan fingerprint density at radius 1 is 0.853 bits per heavy atom. The molecule has 2 atom stereocenters. The lowest BCUT2D eigenvalue weighted by molar-refractivity contribution is -0.154. The van der Waals surface area contributed by atoms with Crippen LogP contribution in [0.4, 0.5) is 0 Å². The number of aliphatic hydroxyl groups is 2. The lowest BCUT2D eigenvalue weighted by atomic mass is 10.0. The summed E-state index contributed by atoms with van der Waals surface area (Å²) >= 11 is 0. The summed E-state index contributed by atoms with van der Waals surface area (Å²) in [4.78, 5) is 25.3. The van der Waals surface area contributed by atoms with Gasteiger partial charge in [0.1, 0.15) is 5.75 Å². The lowest BCUT2D eigenvalue weighted by Crippen LogP contribution is -2.30. The maximum absolute atomic E-state index is 14.1. The highest BCUT2D eigenvalue weighted by Crippen LogP contribution is 2.55. The first-order chi connectivity index (χ1) is 16.5. The van der Waals surface area contributed by atoms with Crippen molar-refractivity contribution in [3.63, 3.8) is 0 Å². The van der Waals surface area contributed by atoms with Gasteiger partial charge in [-0.2, -0.15) is 0 Å². The third-order valence-corrected chi connectivity index (χ3v) is 8.05. The first kappa shape index (κ1) is 25.9. The molecule has 2 unspecified atom stereocenters. The van der Waals surface area contributed by atoms with Crippen LogP contribution < -0.4 is 9.83 Å². The number of hydrogen-bond acceptors (Lipinski definition) is 8. The summed E-state index contributed by atoms with van der Waals surface area (Å²) in [5.41, 5.74) is 1.59. The SMILES string of the molecule is O=C(CC(CP1(=O)Oc2ccccc2-c2ccccc21)C(=O)OCCCCO)OCCCCO. The average Bonchev–Trinajstić information content (AvgIpc) is 2.84. The molecule has 184 valence electrons. The standard InChI is InChI=1S/C25H31O8P/c26-13-5-7-15-31-24(28)17-19(25(29)32-16-8-6-14-27)18-34(30)23-12-4-2-10-21(23)20-9-1-3-11-22(20)33-34/h1-4,9-12,19,26-27H,5-8,13-18H2. The monoisotopic (exact) mass is 490 g/mol. The topological polar surface area (TPSA) is 119 Å². The van der Waals surface area contributed by atoms with Crippen molar-refractivity contribution < 1.29 is 38.4 Å². The number of para-hydroxylation sites is 1. The van der Waals surface area contributed by atoms with E-state index in [1.165, 1.54) is 0 Å². The molecule has 0 fully saturated rings. The van der Waals surface area contributed by atoms with Crippen LogP contribution in [0.15, 0.2) is 48.5 Å². The summed E-state index contributed by atoms with van der Waals surface area (Å²) in [5.74, 6) is -1.82. The molecule has 2 N–H and O–H groups in total. The third kappa shape index (κ3) is 6.69. The molecule has 1 aliphatic rings. The molecule has 0 saturated heterocycles. The molecule has 0 spiro atoms. The van der Waals surface area contributed by atoms with E-state index in [2.05, 4.69) is 0 Å². The summed E-state index contributed by atoms with van der Waals surface area (Å²) in [6.45, 7) is 0.205. The maximum atomic E-state index is 14.1. The Balaban J connectivity index is 1.81. The van der Waals surface area contributed by atoms with Crippen LogP contribution >= 0.6 is 7.37 Å². The van der Waals surface area contributed by atoms with Gasteiger partial charge in [0.15, 0.2) is 0 Å². The van der Waals surface area contributed by atoms with Gasteiger partial charge in [0, 0.05) is 18.8 Å². The van der Waals surface area contributed by atoms with Gasteiger partial charge in [-0.05, 0) is 43.4 Å². The number of ether oxygens (including phenoxy) is 2. The molecule has 9 heteroatoms. The molecule has 0 aromatic heterocycles. The molecule has 0 aliphatic carbocycles. The summed E-state index contributed by atoms with van der Waals surface area (Å²) in [7, 11) is -3.56. The predicted molar refractivity (Wildman–Crippen MR) is 127 cm³/mol. The number of rotatable bonds is 13. The summed E-state index contributed by atoms with van der Waals surface area (Å²) < 4.78 is 30.7. The number of unbranched alkanes of at least 4 members (excludes halogenated alkanes) is 2. The van der Waals surface area contributed by atoms with E-state index in [0.29, 0.717) is 36.7 Å². The molecule has 1 heterocycles. The molecule has 0 amide bonds. The van der Waals surface area contributed by atoms with Crippen LogP contribution in [-0.4, -0.2) is 54.7 Å². The number of hydrogen-bond donors (Lipinski definition) is 2. The normalized spacial score (nSPS) is 17.1. The zero-order valence-corrected chi connectivity index (χ0v) is 20.0. The number of carbonyl (C=O) groups is 2. The minimum atomic E-state index is -3.56. The third-order valence-electron chi connectivity index (χ3n) is 5.51. The minimum Gasteiger partial charge on any atom is -0.466 e. The average molecular weight is 490 g/mol. The fourth-order valence-corrected chi connectivity index (χ4v) is 6.37. The van der Waals surface area contributed by atoms with E-state index in [1.807, 2.05) is 24.3 Å². The molecule has 8 nitrogen and oxygen atoms in total. The second-order valence-electron chi connectivity index (χ2n) is 8.11. The largest absolute Gasteiger partial charge is 0.466 e. The predicted octanol–water partition coefficient (Wildman–Crippen LogP) is 3.29. The molecule has 2 aromatic carbocycles. The van der Waals surface area contributed by atoms with E-state index in [1.54, 1.807) is 24.3 Å². The van der Waals surface area contributed by atoms with Gasteiger partial charge in [-0.3, -0.25) is 14.2 Å². The van der Waals surface area contributed by atoms with Crippen molar-refractivity contribution >= 4 is 24.6 Å². The van der Waals surface area contributed by atoms with Gasteiger partial charge in [0.05, 0.1) is 37.0 Å². The summed E-state index contributed by atoms with van der Waals surface area (Å²) in [6, 6.07) is 14.5. The molecule has 0 saturated carbocycles. The van der Waals surface area contributed by atoms with Gasteiger partial charge in [-0.1, -0.05) is 36.4 Å². The molecular weight excluding hydrogens is 459 g/mol. The second kappa shape index (κ2) is 12.7. The van der Waals surface area contributed by atoms with Gasteiger partial charge in [0.2, 0.25) is 0 Å². The summed E-state index contributed by atoms with van der Waals surface area (Å²) in [6.07, 6.45) is 1.46. The van der Waals surface area contributed by atoms with Crippen molar-refractivity contribution in [1.29, 1.82) is 0 Å². The Hall–Kier alpha value is -2.67. The molecule has 0 radical (unpaired) electrons. The Kier molecular flexibility index (Phi) is 9.69. The zero-order chi connectivity index (χ0) is 24.4. The van der Waals surface area contributed by atoms with Crippen molar-refractivity contribution in [2.24, 2.45) is 5.92 Å². The van der Waals surface area contributed by atoms with Crippen LogP contribution in [0, 0.1) is 5.92 Å². The van der Waals surface area contributed by atoms with E-state index in [0.717, 1.165) is 11.1 Å². The highest BCUT2D eigenvalue weighted by Gasteiger charge is 2.41. The maximum Gasteiger partial charge on any atom is 0.310 e. The number of aliphatic hydroxyl groups excluding tert-OH is 2. The van der Waals surface area contributed by atoms with Crippen molar-refractivity contribution in [3.05, 3.63) is 48.5 Å². The number of benzene rings is 2. The Morgan fingerprint density at radius 3 is 2.18 bits per heavy atom. The first-order valence-electron chi connectivity index (χ1n) is 11.5. The van der Waals surface area contributed by atoms with Gasteiger partial charge in [0.25, 0.3) is 7.37 Å². The Labute approximate surface area is 199 Å². The molecule has 0 bridgehead atoms. The number of fused-ring (bicyclic) bond motifs is 3. The second-order valence-corrected chi connectivity index (χ2v) is 10.5. The van der Waals surface area contributed by atoms with E-state index < -0.39 is 25.2 Å². The molecule has 34 heavy (non-hydrogen) atoms. The van der Waals surface area contributed by atoms with Crippen LogP contribution in [0.25, 0.3) is 11.1 Å². The first-order valence-corrected chi connectivity index (χ1v) is 13.3. The molecular formula is C25H31O8P. The van der Waals surface area contributed by atoms with E-state index in [4.69, 9.17) is 24.2 Å². The van der Waals surface area contributed by atoms with E-state index in [9.17, 15) is 14.2 Å². The van der Waals surface area contributed by atoms with Crippen LogP contribution in [0.3, 0.4) is 0 Å². The van der Waals surface area contributed by atoms with Crippen molar-refractivity contribution in [3.8, 4) is 16.9 Å². The molecule has 1 aliphatic heterocycles. The minimum absolute atomic E-state index is 0.00173. The van der Waals surface area contributed by atoms with Crippen LogP contribution in [0.1, 0.15) is 32.1 Å². The Morgan fingerprint density at radius 2 is 1.47 bits per heavy atom. The highest BCUT2D eigenvalue weighted by atomic mass is 31.2. The number of esters is 2. The zero-order valence-electron chi connectivity index (χ0n) is 19.1. The quantitative estimate of drug-likeness (QED) is 0.249. The van der Waals surface area contributed by atoms with Crippen molar-refractivity contribution in [1.82, 2.24) is 0 Å². The van der Waals surface area contributed by atoms with Crippen molar-refractivity contribution in [2.45, 2.75) is 32.1 Å². The van der Waals surface area contributed by atoms with E-state index >= 15 is 0 Å². The lowest BCUT2D eigenvalue weighted by Gasteiger charge is -2.30. The molecule has 3 rings (SSSR count). The van der Waals surface area contributed by atoms with Gasteiger partial charge in [-0.25, -0.2) is 0 Å².